The molecule has 4 saturated carbocycles. The van der Waals surface area contributed by atoms with Crippen LogP contribution in [-0.2, 0) is 0 Å². The molecule has 0 radical (unpaired) electrons. The van der Waals surface area contributed by atoms with E-state index >= 15 is 0 Å². The van der Waals surface area contributed by atoms with E-state index in [4.69, 9.17) is 16.6 Å². The van der Waals surface area contributed by atoms with Gasteiger partial charge in [0.1, 0.15) is 0 Å². The van der Waals surface area contributed by atoms with Crippen molar-refractivity contribution < 1.29 is 10.2 Å². The maximum Gasteiger partial charge on any atom is 0.0731 e. The number of aliphatic hydroxyl groups excluding tert-OH is 1. The Labute approximate surface area is 185 Å². The molecule has 4 aliphatic rings. The maximum atomic E-state index is 11.9. The lowest BCUT2D eigenvalue weighted by Crippen LogP contribution is -2.61. The Balaban J connectivity index is 0.000000461. The molecule has 0 amide bonds. The van der Waals surface area contributed by atoms with Crippen molar-refractivity contribution in [3.63, 3.8) is 0 Å². The lowest BCUT2D eigenvalue weighted by Gasteiger charge is -2.63. The molecular weight excluding hydrogens is 372 g/mol. The molecule has 4 heteroatoms. The highest BCUT2D eigenvalue weighted by molar-refractivity contribution is 5.16. The molecule has 30 heavy (non-hydrogen) atoms. The van der Waals surface area contributed by atoms with Gasteiger partial charge < -0.3 is 21.7 Å². The summed E-state index contributed by atoms with van der Waals surface area (Å²) in [6.45, 7) is 6.73. The molecule has 0 aliphatic heterocycles. The van der Waals surface area contributed by atoms with Crippen molar-refractivity contribution in [2.75, 3.05) is 19.7 Å². The van der Waals surface area contributed by atoms with Gasteiger partial charge in [-0.3, -0.25) is 0 Å². The molecule has 0 heterocycles. The van der Waals surface area contributed by atoms with Crippen LogP contribution >= 0.6 is 0 Å². The van der Waals surface area contributed by atoms with Crippen LogP contribution in [0.4, 0.5) is 0 Å². The van der Waals surface area contributed by atoms with Crippen LogP contribution in [0.15, 0.2) is 0 Å². The van der Waals surface area contributed by atoms with Crippen LogP contribution in [-0.4, -0.2) is 35.5 Å². The van der Waals surface area contributed by atoms with Crippen LogP contribution in [0.3, 0.4) is 0 Å². The molecule has 176 valence electrons. The van der Waals surface area contributed by atoms with Crippen LogP contribution in [0.5, 0.6) is 0 Å². The number of hydrogen-bond donors (Lipinski definition) is 4. The van der Waals surface area contributed by atoms with Crippen molar-refractivity contribution >= 4 is 0 Å². The summed E-state index contributed by atoms with van der Waals surface area (Å²) >= 11 is 0. The van der Waals surface area contributed by atoms with Crippen LogP contribution in [0.25, 0.3) is 0 Å². The first-order valence-corrected chi connectivity index (χ1v) is 13.1. The summed E-state index contributed by atoms with van der Waals surface area (Å²) in [5, 5.41) is 19.9. The van der Waals surface area contributed by atoms with Crippen molar-refractivity contribution in [3.8, 4) is 0 Å². The first-order valence-electron chi connectivity index (χ1n) is 13.1. The van der Waals surface area contributed by atoms with Gasteiger partial charge in [-0.1, -0.05) is 33.1 Å². The first kappa shape index (κ1) is 24.5. The van der Waals surface area contributed by atoms with Gasteiger partial charge in [-0.25, -0.2) is 0 Å². The van der Waals surface area contributed by atoms with Gasteiger partial charge in [0.2, 0.25) is 0 Å². The Bertz CT molecular complexity index is 541. The van der Waals surface area contributed by atoms with Crippen molar-refractivity contribution in [3.05, 3.63) is 0 Å². The zero-order chi connectivity index (χ0) is 21.8. The molecule has 6 unspecified atom stereocenters. The van der Waals surface area contributed by atoms with E-state index in [9.17, 15) is 5.11 Å². The molecule has 4 fully saturated rings. The predicted molar refractivity (Wildman–Crippen MR) is 125 cm³/mol. The normalized spacial score (nSPS) is 45.0. The van der Waals surface area contributed by atoms with Crippen molar-refractivity contribution in [2.45, 2.75) is 109 Å². The number of fused-ring (bicyclic) bond motifs is 5. The fraction of sp³-hybridized carbons (Fsp3) is 1.00. The second-order valence-corrected chi connectivity index (χ2v) is 11.5. The monoisotopic (exact) mass is 422 g/mol. The van der Waals surface area contributed by atoms with Gasteiger partial charge in [0, 0.05) is 6.61 Å². The molecule has 4 nitrogen and oxygen atoms in total. The largest absolute Gasteiger partial charge is 0.396 e. The second kappa shape index (κ2) is 10.2. The molecule has 0 spiro atoms. The Kier molecular flexibility index (Phi) is 8.31. The zero-order valence-corrected chi connectivity index (χ0v) is 19.9. The van der Waals surface area contributed by atoms with Crippen molar-refractivity contribution in [2.24, 2.45) is 46.0 Å². The van der Waals surface area contributed by atoms with Gasteiger partial charge in [0.25, 0.3) is 0 Å². The molecule has 0 aromatic carbocycles. The summed E-state index contributed by atoms with van der Waals surface area (Å²) in [5.41, 5.74) is 11.0. The third-order valence-electron chi connectivity index (χ3n) is 10.3. The molecule has 0 bridgehead atoms. The number of unbranched alkanes of at least 4 members (excludes halogenated alkanes) is 1. The van der Waals surface area contributed by atoms with E-state index in [1.54, 1.807) is 0 Å². The van der Waals surface area contributed by atoms with Crippen LogP contribution < -0.4 is 11.5 Å². The van der Waals surface area contributed by atoms with Gasteiger partial charge in [-0.2, -0.15) is 0 Å². The topological polar surface area (TPSA) is 92.5 Å². The van der Waals surface area contributed by atoms with Gasteiger partial charge in [-0.05, 0) is 118 Å². The first-order chi connectivity index (χ1) is 14.4. The van der Waals surface area contributed by atoms with Crippen molar-refractivity contribution in [1.82, 2.24) is 0 Å². The summed E-state index contributed by atoms with van der Waals surface area (Å²) in [5.74, 6) is 3.14. The lowest BCUT2D eigenvalue weighted by molar-refractivity contribution is -0.199. The number of nitrogens with two attached hydrogens (primary N) is 2. The van der Waals surface area contributed by atoms with Crippen molar-refractivity contribution in [1.29, 1.82) is 0 Å². The Morgan fingerprint density at radius 1 is 0.800 bits per heavy atom. The molecule has 0 aromatic heterocycles. The number of hydrogen-bond acceptors (Lipinski definition) is 4. The summed E-state index contributed by atoms with van der Waals surface area (Å²) in [7, 11) is 0. The highest BCUT2D eigenvalue weighted by Crippen LogP contribution is 2.69. The van der Waals surface area contributed by atoms with E-state index in [2.05, 4.69) is 13.8 Å². The lowest BCUT2D eigenvalue weighted by atomic mass is 9.43. The molecule has 0 aromatic rings. The van der Waals surface area contributed by atoms with Crippen LogP contribution in [0, 0.1) is 34.5 Å². The van der Waals surface area contributed by atoms with E-state index < -0.39 is 0 Å². The molecule has 7 atom stereocenters. The standard InChI is InChI=1S/C23H41NO.C3H9NO/c1-21-13-5-3-7-17(21)9-10-20-19(21)12-15-23(25)18(8-4-6-16-24)11-14-22(20,23)2;4-2-1-3-5/h17-20,25H,3-16,24H2,1-2H3;5H,1-4H2/t17?,18?,19?,20?,21?,22?,23-;/m0./s1. The van der Waals surface area contributed by atoms with Gasteiger partial charge in [0.05, 0.1) is 5.60 Å². The predicted octanol–water partition coefficient (Wildman–Crippen LogP) is 4.61. The van der Waals surface area contributed by atoms with Gasteiger partial charge in [-0.15, -0.1) is 0 Å². The van der Waals surface area contributed by atoms with Crippen LogP contribution in [0.2, 0.25) is 0 Å². The third kappa shape index (κ3) is 4.23. The average Bonchev–Trinajstić information content (AvgIpc) is 3.00. The molecular formula is C26H50N2O2. The molecule has 0 saturated heterocycles. The zero-order valence-electron chi connectivity index (χ0n) is 19.9. The second-order valence-electron chi connectivity index (χ2n) is 11.5. The molecule has 6 N–H and O–H groups in total. The maximum absolute atomic E-state index is 11.9. The van der Waals surface area contributed by atoms with Gasteiger partial charge >= 0.3 is 0 Å². The fourth-order valence-electron chi connectivity index (χ4n) is 8.50. The quantitative estimate of drug-likeness (QED) is 0.470. The minimum Gasteiger partial charge on any atom is -0.396 e. The third-order valence-corrected chi connectivity index (χ3v) is 10.3. The van der Waals surface area contributed by atoms with E-state index in [1.807, 2.05) is 0 Å². The summed E-state index contributed by atoms with van der Waals surface area (Å²) in [6.07, 6.45) is 17.8. The van der Waals surface area contributed by atoms with Gasteiger partial charge in [0.15, 0.2) is 0 Å². The Morgan fingerprint density at radius 3 is 2.23 bits per heavy atom. The molecule has 4 rings (SSSR count). The van der Waals surface area contributed by atoms with E-state index in [0.717, 1.165) is 43.6 Å². The van der Waals surface area contributed by atoms with Crippen LogP contribution in [0.1, 0.15) is 104 Å². The molecule has 4 aliphatic carbocycles. The van der Waals surface area contributed by atoms with E-state index in [0.29, 0.717) is 17.9 Å². The van der Waals surface area contributed by atoms with E-state index in [1.165, 1.54) is 70.6 Å². The highest BCUT2D eigenvalue weighted by atomic mass is 16.3. The number of aliphatic hydroxyl groups is 2. The number of rotatable bonds is 6. The SMILES string of the molecule is CC12CCCCC1CCC1C2CC[C@]2(O)C(CCCCN)CCC12C.NCCCO. The summed E-state index contributed by atoms with van der Waals surface area (Å²) < 4.78 is 0. The Morgan fingerprint density at radius 2 is 1.57 bits per heavy atom. The summed E-state index contributed by atoms with van der Waals surface area (Å²) in [6, 6.07) is 0. The fourth-order valence-corrected chi connectivity index (χ4v) is 8.50. The average molecular weight is 423 g/mol. The van der Waals surface area contributed by atoms with E-state index in [-0.39, 0.29) is 17.6 Å². The summed E-state index contributed by atoms with van der Waals surface area (Å²) in [4.78, 5) is 0. The highest BCUT2D eigenvalue weighted by Gasteiger charge is 2.66. The smallest absolute Gasteiger partial charge is 0.0731 e. The Hall–Kier alpha value is -0.160. The minimum atomic E-state index is -0.388. The minimum absolute atomic E-state index is 0.175.